The number of hydrogen-bond donors (Lipinski definition) is 1. The van der Waals surface area contributed by atoms with Crippen molar-refractivity contribution in [3.8, 4) is 0 Å². The van der Waals surface area contributed by atoms with Crippen LogP contribution in [0.1, 0.15) is 72.4 Å². The van der Waals surface area contributed by atoms with Crippen LogP contribution in [0, 0.1) is 17.0 Å². The molecule has 42 heavy (non-hydrogen) atoms. The number of likely N-dealkylation sites (tertiary alicyclic amines) is 1. The van der Waals surface area contributed by atoms with Crippen LogP contribution in [0.3, 0.4) is 0 Å². The number of benzene rings is 2. The van der Waals surface area contributed by atoms with Crippen LogP contribution >= 0.6 is 0 Å². The number of piperidine rings is 1. The number of nitrogens with zero attached hydrogens (tertiary/aromatic N) is 3. The highest BCUT2D eigenvalue weighted by molar-refractivity contribution is 6.06. The fraction of sp³-hybridized carbons (Fsp3) is 0.353. The zero-order valence-electron chi connectivity index (χ0n) is 23.1. The number of hydrogen-bond acceptors (Lipinski definition) is 4. The summed E-state index contributed by atoms with van der Waals surface area (Å²) < 4.78 is 28.5. The van der Waals surface area contributed by atoms with Gasteiger partial charge in [-0.15, -0.1) is 0 Å². The second kappa shape index (κ2) is 9.15. The molecule has 1 saturated heterocycles. The molecule has 4 heterocycles. The quantitative estimate of drug-likeness (QED) is 0.316. The lowest BCUT2D eigenvalue weighted by molar-refractivity contribution is -0.151. The maximum Gasteiger partial charge on any atom is 0.237 e. The van der Waals surface area contributed by atoms with Crippen molar-refractivity contribution < 1.29 is 18.4 Å². The summed E-state index contributed by atoms with van der Waals surface area (Å²) in [6, 6.07) is 13.3. The zero-order valence-corrected chi connectivity index (χ0v) is 23.1. The van der Waals surface area contributed by atoms with Gasteiger partial charge in [-0.05, 0) is 97.2 Å². The molecule has 4 aliphatic rings. The number of halogens is 2. The molecular formula is C34H30F2N4O2. The van der Waals surface area contributed by atoms with Crippen LogP contribution in [-0.4, -0.2) is 26.7 Å². The third kappa shape index (κ3) is 3.80. The molecule has 0 bridgehead atoms. The van der Waals surface area contributed by atoms with E-state index in [0.717, 1.165) is 71.3 Å². The molecule has 1 saturated carbocycles. The lowest BCUT2D eigenvalue weighted by Gasteiger charge is -2.45. The van der Waals surface area contributed by atoms with Crippen LogP contribution in [0.25, 0.3) is 10.9 Å². The molecule has 0 unspecified atom stereocenters. The molecule has 2 aliphatic heterocycles. The summed E-state index contributed by atoms with van der Waals surface area (Å²) in [6.45, 7) is 0.314. The summed E-state index contributed by atoms with van der Waals surface area (Å²) in [4.78, 5) is 38.2. The van der Waals surface area contributed by atoms with E-state index in [-0.39, 0.29) is 17.2 Å². The van der Waals surface area contributed by atoms with E-state index in [1.54, 1.807) is 12.4 Å². The van der Waals surface area contributed by atoms with E-state index in [0.29, 0.717) is 37.2 Å². The molecular weight excluding hydrogens is 534 g/mol. The Morgan fingerprint density at radius 3 is 2.48 bits per heavy atom. The Balaban J connectivity index is 1.14. The number of carbonyl (C=O) groups excluding carboxylic acids is 2. The van der Waals surface area contributed by atoms with Gasteiger partial charge in [-0.2, -0.15) is 0 Å². The summed E-state index contributed by atoms with van der Waals surface area (Å²) in [5.41, 5.74) is 4.32. The highest BCUT2D eigenvalue weighted by Gasteiger charge is 2.51. The van der Waals surface area contributed by atoms with Crippen LogP contribution in [0.4, 0.5) is 14.6 Å². The normalized spacial score (nSPS) is 24.0. The van der Waals surface area contributed by atoms with E-state index >= 15 is 0 Å². The summed E-state index contributed by atoms with van der Waals surface area (Å²) in [7, 11) is 0. The van der Waals surface area contributed by atoms with Crippen molar-refractivity contribution in [1.29, 1.82) is 0 Å². The summed E-state index contributed by atoms with van der Waals surface area (Å²) in [5, 5.41) is 3.91. The van der Waals surface area contributed by atoms with Gasteiger partial charge in [0.1, 0.15) is 17.5 Å². The fourth-order valence-corrected chi connectivity index (χ4v) is 8.16. The SMILES string of the molecule is O=C1N(Cc2cnc3cc4c(cc3c2)C[C@@]2(C4)C(=O)Nc3ncccc32)[C@H](c2cc(F)cc(F)c2)CCC12CCCC2. The van der Waals surface area contributed by atoms with Gasteiger partial charge in [0.2, 0.25) is 11.8 Å². The number of rotatable bonds is 3. The number of amides is 2. The molecule has 8 rings (SSSR count). The van der Waals surface area contributed by atoms with Gasteiger partial charge >= 0.3 is 0 Å². The molecule has 8 heteroatoms. The predicted octanol–water partition coefficient (Wildman–Crippen LogP) is 6.32. The van der Waals surface area contributed by atoms with Crippen molar-refractivity contribution in [3.63, 3.8) is 0 Å². The molecule has 2 aromatic carbocycles. The Morgan fingerprint density at radius 1 is 0.929 bits per heavy atom. The maximum absolute atomic E-state index is 14.2. The van der Waals surface area contributed by atoms with Crippen molar-refractivity contribution in [2.75, 3.05) is 5.32 Å². The Morgan fingerprint density at radius 2 is 1.69 bits per heavy atom. The first kappa shape index (κ1) is 25.5. The molecule has 2 spiro atoms. The molecule has 1 N–H and O–H groups in total. The lowest BCUT2D eigenvalue weighted by Crippen LogP contribution is -2.48. The smallest absolute Gasteiger partial charge is 0.237 e. The molecule has 2 atom stereocenters. The first-order valence-electron chi connectivity index (χ1n) is 14.8. The maximum atomic E-state index is 14.2. The van der Waals surface area contributed by atoms with Crippen molar-refractivity contribution in [2.45, 2.75) is 69.4 Å². The van der Waals surface area contributed by atoms with Crippen molar-refractivity contribution >= 4 is 28.5 Å². The van der Waals surface area contributed by atoms with E-state index in [9.17, 15) is 18.4 Å². The number of nitrogens with one attached hydrogen (secondary N) is 1. The molecule has 0 radical (unpaired) electrons. The Hall–Kier alpha value is -4.20. The summed E-state index contributed by atoms with van der Waals surface area (Å²) in [6.07, 6.45) is 9.87. The van der Waals surface area contributed by atoms with Crippen LogP contribution in [-0.2, 0) is 34.4 Å². The molecule has 2 amide bonds. The van der Waals surface area contributed by atoms with Crippen molar-refractivity contribution in [3.05, 3.63) is 100 Å². The van der Waals surface area contributed by atoms with Gasteiger partial charge in [0.15, 0.2) is 0 Å². The van der Waals surface area contributed by atoms with Gasteiger partial charge in [-0.1, -0.05) is 18.9 Å². The minimum Gasteiger partial charge on any atom is -0.331 e. The van der Waals surface area contributed by atoms with Gasteiger partial charge < -0.3 is 10.2 Å². The largest absolute Gasteiger partial charge is 0.331 e. The first-order chi connectivity index (χ1) is 20.3. The predicted molar refractivity (Wildman–Crippen MR) is 153 cm³/mol. The average Bonchev–Trinajstić information content (AvgIpc) is 3.66. The standard InChI is InChI=1S/C34H30F2N4O2/c35-25-12-22(13-26(36)15-25)29-5-8-33(6-1-2-7-33)32(42)40(29)19-20-10-21-11-23-16-34(17-24(23)14-28(21)38-18-20)27-4-3-9-37-30(27)39-31(34)41/h3-4,9-15,18,29H,1-2,5-8,16-17,19H2,(H,37,39,41)/t29-,34-/m0/s1. The summed E-state index contributed by atoms with van der Waals surface area (Å²) >= 11 is 0. The molecule has 2 aromatic heterocycles. The highest BCUT2D eigenvalue weighted by Crippen LogP contribution is 2.51. The molecule has 212 valence electrons. The van der Waals surface area contributed by atoms with Gasteiger partial charge in [0, 0.05) is 41.4 Å². The number of aromatic nitrogens is 2. The molecule has 6 nitrogen and oxygen atoms in total. The van der Waals surface area contributed by atoms with Crippen molar-refractivity contribution in [1.82, 2.24) is 14.9 Å². The number of pyridine rings is 2. The average molecular weight is 565 g/mol. The summed E-state index contributed by atoms with van der Waals surface area (Å²) in [5.74, 6) is -0.566. The van der Waals surface area contributed by atoms with Crippen molar-refractivity contribution in [2.24, 2.45) is 5.41 Å². The van der Waals surface area contributed by atoms with Gasteiger partial charge in [-0.3, -0.25) is 14.6 Å². The third-order valence-electron chi connectivity index (χ3n) is 10.2. The lowest BCUT2D eigenvalue weighted by atomic mass is 9.74. The van der Waals surface area contributed by atoms with E-state index < -0.39 is 23.1 Å². The Bertz CT molecular complexity index is 1780. The zero-order chi connectivity index (χ0) is 28.6. The van der Waals surface area contributed by atoms with E-state index in [1.165, 1.54) is 12.1 Å². The van der Waals surface area contributed by atoms with Crippen LogP contribution in [0.15, 0.2) is 60.9 Å². The first-order valence-corrected chi connectivity index (χ1v) is 14.8. The minimum atomic E-state index is -0.657. The second-order valence-corrected chi connectivity index (χ2v) is 12.6. The topological polar surface area (TPSA) is 75.2 Å². The van der Waals surface area contributed by atoms with Gasteiger partial charge in [0.25, 0.3) is 0 Å². The van der Waals surface area contributed by atoms with Crippen LogP contribution < -0.4 is 5.32 Å². The minimum absolute atomic E-state index is 0.0191. The Kier molecular flexibility index (Phi) is 5.56. The van der Waals surface area contributed by atoms with Crippen LogP contribution in [0.5, 0.6) is 0 Å². The Labute approximate surface area is 242 Å². The molecule has 2 fully saturated rings. The monoisotopic (exact) mass is 564 g/mol. The van der Waals surface area contributed by atoms with Crippen LogP contribution in [0.2, 0.25) is 0 Å². The van der Waals surface area contributed by atoms with Gasteiger partial charge in [0.05, 0.1) is 17.0 Å². The molecule has 2 aliphatic carbocycles. The third-order valence-corrected chi connectivity index (χ3v) is 10.2. The highest BCUT2D eigenvalue weighted by atomic mass is 19.1. The van der Waals surface area contributed by atoms with E-state index in [4.69, 9.17) is 4.98 Å². The van der Waals surface area contributed by atoms with Gasteiger partial charge in [-0.25, -0.2) is 13.8 Å². The van der Waals surface area contributed by atoms with E-state index in [1.807, 2.05) is 17.0 Å². The number of anilines is 1. The number of carbonyl (C=O) groups is 2. The molecule has 4 aromatic rings. The van der Waals surface area contributed by atoms with E-state index in [2.05, 4.69) is 28.5 Å². The second-order valence-electron chi connectivity index (χ2n) is 12.6. The fourth-order valence-electron chi connectivity index (χ4n) is 8.16. The number of fused-ring (bicyclic) bond motifs is 4.